The number of esters is 1. The van der Waals surface area contributed by atoms with Crippen molar-refractivity contribution in [3.63, 3.8) is 0 Å². The van der Waals surface area contributed by atoms with E-state index >= 15 is 0 Å². The van der Waals surface area contributed by atoms with Crippen LogP contribution >= 0.6 is 0 Å². The Morgan fingerprint density at radius 3 is 2.57 bits per heavy atom. The number of aromatic nitrogens is 4. The lowest BCUT2D eigenvalue weighted by molar-refractivity contribution is -0.147. The average Bonchev–Trinajstić information content (AvgIpc) is 3.55. The minimum absolute atomic E-state index is 0.00792. The number of ether oxygens (including phenoxy) is 2. The Hall–Kier alpha value is -5.05. The van der Waals surface area contributed by atoms with E-state index in [1.54, 1.807) is 50.1 Å². The molecule has 6 rings (SSSR count). The van der Waals surface area contributed by atoms with Crippen LogP contribution in [0.3, 0.4) is 0 Å². The fourth-order valence-electron chi connectivity index (χ4n) is 5.90. The van der Waals surface area contributed by atoms with Gasteiger partial charge in [0.25, 0.3) is 5.56 Å². The zero-order valence-corrected chi connectivity index (χ0v) is 26.2. The van der Waals surface area contributed by atoms with E-state index in [0.717, 1.165) is 11.1 Å². The van der Waals surface area contributed by atoms with Crippen molar-refractivity contribution in [3.8, 4) is 16.9 Å². The minimum atomic E-state index is -3.07. The summed E-state index contributed by atoms with van der Waals surface area (Å²) >= 11 is 0. The smallest absolute Gasteiger partial charge is 0.387 e. The fourth-order valence-corrected chi connectivity index (χ4v) is 5.90. The van der Waals surface area contributed by atoms with Crippen molar-refractivity contribution < 1.29 is 27.8 Å². The maximum atomic E-state index is 13.4. The number of alkyl halides is 2. The molecule has 2 amide bonds. The van der Waals surface area contributed by atoms with Crippen molar-refractivity contribution in [2.24, 2.45) is 18.7 Å². The first-order valence-corrected chi connectivity index (χ1v) is 15.3. The van der Waals surface area contributed by atoms with Crippen LogP contribution in [-0.4, -0.2) is 81.1 Å². The number of hydrogen-bond acceptors (Lipinski definition) is 9. The molecule has 2 atom stereocenters. The van der Waals surface area contributed by atoms with Gasteiger partial charge in [0.15, 0.2) is 0 Å². The van der Waals surface area contributed by atoms with Crippen molar-refractivity contribution in [1.82, 2.24) is 29.5 Å². The Labute approximate surface area is 268 Å². The summed E-state index contributed by atoms with van der Waals surface area (Å²) < 4.78 is 40.0. The molecule has 2 aliphatic heterocycles. The van der Waals surface area contributed by atoms with Gasteiger partial charge in [-0.05, 0) is 41.3 Å². The van der Waals surface area contributed by atoms with Gasteiger partial charge in [-0.25, -0.2) is 14.8 Å². The number of benzene rings is 2. The zero-order valence-electron chi connectivity index (χ0n) is 26.2. The number of anilines is 1. The molecule has 0 spiro atoms. The van der Waals surface area contributed by atoms with Gasteiger partial charge in [-0.15, -0.1) is 0 Å². The van der Waals surface area contributed by atoms with Crippen LogP contribution in [0.15, 0.2) is 53.6 Å². The number of urea groups is 1. The van der Waals surface area contributed by atoms with Gasteiger partial charge in [0.1, 0.15) is 18.4 Å². The zero-order chi connectivity index (χ0) is 33.4. The SMILES string of the molecule is CC(C)C(N)C(=O)OCc1ccc(OC(F)F)c(Cn2c3cc(-c4cnc(N5CCN6C(=O)NCC6C5)nc4)ccc3c(=O)n2C)c1. The molecule has 4 aromatic rings. The molecule has 15 heteroatoms. The molecule has 0 aliphatic carbocycles. The molecule has 2 aliphatic rings. The van der Waals surface area contributed by atoms with Gasteiger partial charge in [-0.1, -0.05) is 26.0 Å². The highest BCUT2D eigenvalue weighted by Crippen LogP contribution is 2.28. The number of hydrogen-bond donors (Lipinski definition) is 2. The number of carbonyl (C=O) groups excluding carboxylic acids is 2. The molecule has 4 heterocycles. The van der Waals surface area contributed by atoms with Crippen molar-refractivity contribution >= 4 is 28.9 Å². The third kappa shape index (κ3) is 6.48. The molecule has 0 radical (unpaired) electrons. The highest BCUT2D eigenvalue weighted by Gasteiger charge is 2.36. The van der Waals surface area contributed by atoms with Crippen molar-refractivity contribution in [2.75, 3.05) is 31.1 Å². The van der Waals surface area contributed by atoms with E-state index in [9.17, 15) is 23.2 Å². The first-order valence-electron chi connectivity index (χ1n) is 15.3. The van der Waals surface area contributed by atoms with Crippen LogP contribution < -0.4 is 26.2 Å². The number of rotatable bonds is 10. The molecule has 2 fully saturated rings. The Balaban J connectivity index is 1.27. The largest absolute Gasteiger partial charge is 0.460 e. The molecular weight excluding hydrogens is 614 g/mol. The number of fused-ring (bicyclic) bond motifs is 2. The van der Waals surface area contributed by atoms with Gasteiger partial charge in [0.2, 0.25) is 5.95 Å². The van der Waals surface area contributed by atoms with Crippen molar-refractivity contribution in [3.05, 3.63) is 70.3 Å². The third-order valence-corrected chi connectivity index (χ3v) is 8.68. The number of halogens is 2. The van der Waals surface area contributed by atoms with Crippen LogP contribution in [-0.2, 0) is 29.7 Å². The van der Waals surface area contributed by atoms with Crippen molar-refractivity contribution in [2.45, 2.75) is 45.7 Å². The molecule has 47 heavy (non-hydrogen) atoms. The predicted molar refractivity (Wildman–Crippen MR) is 169 cm³/mol. The summed E-state index contributed by atoms with van der Waals surface area (Å²) in [6, 6.07) is 9.12. The number of carbonyl (C=O) groups is 2. The van der Waals surface area contributed by atoms with Gasteiger partial charge in [-0.2, -0.15) is 8.78 Å². The summed E-state index contributed by atoms with van der Waals surface area (Å²) in [6.07, 6.45) is 3.42. The van der Waals surface area contributed by atoms with E-state index in [1.165, 1.54) is 16.8 Å². The maximum Gasteiger partial charge on any atom is 0.387 e. The molecular formula is C32H36F2N8O5. The first-order chi connectivity index (χ1) is 22.5. The highest BCUT2D eigenvalue weighted by molar-refractivity contribution is 5.84. The second-order valence-electron chi connectivity index (χ2n) is 12.1. The second-order valence-corrected chi connectivity index (χ2v) is 12.1. The van der Waals surface area contributed by atoms with Crippen molar-refractivity contribution in [1.29, 1.82) is 0 Å². The summed E-state index contributed by atoms with van der Waals surface area (Å²) in [6.45, 7) is 2.88. The summed E-state index contributed by atoms with van der Waals surface area (Å²) in [5, 5.41) is 3.31. The first kappa shape index (κ1) is 31.9. The van der Waals surface area contributed by atoms with Gasteiger partial charge in [0, 0.05) is 56.7 Å². The lowest BCUT2D eigenvalue weighted by Gasteiger charge is -2.36. The topological polar surface area (TPSA) is 150 Å². The number of piperazine rings is 1. The standard InChI is InChI=1S/C32H36F2N8O5/c1-18(2)27(35)29(44)46-17-19-4-7-26(47-30(33)34)21(10-19)15-42-25-11-20(5-6-24(25)28(43)39(42)3)22-12-36-31(37-13-22)40-8-9-41-23(16-40)14-38-32(41)45/h4-7,10-13,18,23,27,30H,8-9,14-17,35H2,1-3H3,(H,38,45). The normalized spacial score (nSPS) is 16.9. The molecule has 3 N–H and O–H groups in total. The highest BCUT2D eigenvalue weighted by atomic mass is 19.3. The molecule has 13 nitrogen and oxygen atoms in total. The van der Waals surface area contributed by atoms with Crippen LogP contribution in [0.25, 0.3) is 22.0 Å². The minimum Gasteiger partial charge on any atom is -0.460 e. The predicted octanol–water partition coefficient (Wildman–Crippen LogP) is 2.69. The molecule has 248 valence electrons. The van der Waals surface area contributed by atoms with Crippen LogP contribution in [0.1, 0.15) is 25.0 Å². The van der Waals surface area contributed by atoms with Gasteiger partial charge in [0.05, 0.1) is 23.5 Å². The lowest BCUT2D eigenvalue weighted by atomic mass is 10.1. The average molecular weight is 651 g/mol. The number of nitrogens with one attached hydrogen (secondary N) is 1. The molecule has 2 saturated heterocycles. The molecule has 2 unspecified atom stereocenters. The monoisotopic (exact) mass is 650 g/mol. The second kappa shape index (κ2) is 13.0. The van der Waals surface area contributed by atoms with Gasteiger partial charge >= 0.3 is 18.6 Å². The molecule has 2 aromatic heterocycles. The Morgan fingerprint density at radius 2 is 1.85 bits per heavy atom. The Kier molecular flexibility index (Phi) is 8.82. The number of nitrogens with zero attached hydrogens (tertiary/aromatic N) is 6. The summed E-state index contributed by atoms with van der Waals surface area (Å²) in [5.74, 6) is -0.185. The third-order valence-electron chi connectivity index (χ3n) is 8.68. The van der Waals surface area contributed by atoms with E-state index in [0.29, 0.717) is 54.2 Å². The van der Waals surface area contributed by atoms with Crippen LogP contribution in [0.2, 0.25) is 0 Å². The summed E-state index contributed by atoms with van der Waals surface area (Å²) in [7, 11) is 1.60. The van der Waals surface area contributed by atoms with E-state index < -0.39 is 18.6 Å². The van der Waals surface area contributed by atoms with Crippen LogP contribution in [0.4, 0.5) is 19.5 Å². The Bertz CT molecular complexity index is 1860. The van der Waals surface area contributed by atoms with Crippen LogP contribution in [0, 0.1) is 5.92 Å². The van der Waals surface area contributed by atoms with E-state index in [4.69, 9.17) is 15.2 Å². The number of nitrogens with two attached hydrogens (primary N) is 1. The Morgan fingerprint density at radius 1 is 1.09 bits per heavy atom. The summed E-state index contributed by atoms with van der Waals surface area (Å²) in [5.41, 5.74) is 8.57. The van der Waals surface area contributed by atoms with E-state index in [2.05, 4.69) is 20.2 Å². The number of amides is 2. The molecule has 2 aromatic carbocycles. The molecule has 0 saturated carbocycles. The van der Waals surface area contributed by atoms with Gasteiger partial charge in [-0.3, -0.25) is 19.0 Å². The molecule has 0 bridgehead atoms. The maximum absolute atomic E-state index is 13.4. The van der Waals surface area contributed by atoms with E-state index in [1.807, 2.05) is 17.0 Å². The summed E-state index contributed by atoms with van der Waals surface area (Å²) in [4.78, 5) is 50.5. The van der Waals surface area contributed by atoms with E-state index in [-0.39, 0.29) is 42.5 Å². The fraction of sp³-hybridized carbons (Fsp3) is 0.406. The van der Waals surface area contributed by atoms with Crippen LogP contribution in [0.5, 0.6) is 5.75 Å². The lowest BCUT2D eigenvalue weighted by Crippen LogP contribution is -2.52. The quantitative estimate of drug-likeness (QED) is 0.247. The van der Waals surface area contributed by atoms with Gasteiger partial charge < -0.3 is 30.3 Å².